The van der Waals surface area contributed by atoms with Gasteiger partial charge >= 0.3 is 0 Å². The van der Waals surface area contributed by atoms with Crippen LogP contribution in [-0.2, 0) is 25.6 Å². The molecule has 1 N–H and O–H groups in total. The Hall–Kier alpha value is -0.980. The molecular formula is C16H24O5. The highest BCUT2D eigenvalue weighted by Crippen LogP contribution is 2.30. The van der Waals surface area contributed by atoms with Crippen LogP contribution < -0.4 is 0 Å². The lowest BCUT2D eigenvalue weighted by molar-refractivity contribution is -0.295. The van der Waals surface area contributed by atoms with Gasteiger partial charge in [-0.15, -0.1) is 0 Å². The van der Waals surface area contributed by atoms with E-state index in [1.54, 1.807) is 14.2 Å². The summed E-state index contributed by atoms with van der Waals surface area (Å²) in [6.45, 7) is 2.41. The van der Waals surface area contributed by atoms with E-state index in [2.05, 4.69) is 0 Å². The zero-order chi connectivity index (χ0) is 15.2. The van der Waals surface area contributed by atoms with Crippen molar-refractivity contribution in [2.24, 2.45) is 5.92 Å². The van der Waals surface area contributed by atoms with Crippen LogP contribution in [0.15, 0.2) is 30.3 Å². The quantitative estimate of drug-likeness (QED) is 0.864. The van der Waals surface area contributed by atoms with Gasteiger partial charge in [0.05, 0.1) is 19.3 Å². The molecule has 1 aromatic carbocycles. The topological polar surface area (TPSA) is 57.2 Å². The van der Waals surface area contributed by atoms with Gasteiger partial charge in [0.2, 0.25) is 0 Å². The van der Waals surface area contributed by atoms with Crippen molar-refractivity contribution >= 4 is 0 Å². The second kappa shape index (κ2) is 7.87. The summed E-state index contributed by atoms with van der Waals surface area (Å²) in [5, 5.41) is 9.42. The third-order valence-corrected chi connectivity index (χ3v) is 3.95. The second-order valence-electron chi connectivity index (χ2n) is 5.28. The predicted molar refractivity (Wildman–Crippen MR) is 77.7 cm³/mol. The van der Waals surface area contributed by atoms with Crippen LogP contribution >= 0.6 is 0 Å². The summed E-state index contributed by atoms with van der Waals surface area (Å²) in [6.07, 6.45) is -1.37. The van der Waals surface area contributed by atoms with Gasteiger partial charge in [0, 0.05) is 20.1 Å². The van der Waals surface area contributed by atoms with E-state index in [0.29, 0.717) is 6.61 Å². The van der Waals surface area contributed by atoms with Crippen LogP contribution in [-0.4, -0.2) is 50.5 Å². The van der Waals surface area contributed by atoms with E-state index in [9.17, 15) is 5.11 Å². The first-order chi connectivity index (χ1) is 10.2. The van der Waals surface area contributed by atoms with Crippen LogP contribution in [0.25, 0.3) is 0 Å². The lowest BCUT2D eigenvalue weighted by Gasteiger charge is -2.43. The Bertz CT molecular complexity index is 410. The van der Waals surface area contributed by atoms with Gasteiger partial charge in [-0.05, 0) is 5.56 Å². The molecule has 21 heavy (non-hydrogen) atoms. The summed E-state index contributed by atoms with van der Waals surface area (Å²) in [6, 6.07) is 9.96. The molecule has 0 spiro atoms. The molecule has 5 nitrogen and oxygen atoms in total. The van der Waals surface area contributed by atoms with Crippen molar-refractivity contribution < 1.29 is 24.1 Å². The minimum atomic E-state index is -0.507. The molecule has 1 fully saturated rings. The van der Waals surface area contributed by atoms with Crippen LogP contribution in [0.3, 0.4) is 0 Å². The fraction of sp³-hybridized carbons (Fsp3) is 0.625. The standard InChI is InChI=1S/C16H24O5/c1-11-14(18-2)13(9-17)21-16(19-3)15(11)20-10-12-7-5-4-6-8-12/h4-8,11,13-17H,9-10H2,1-3H3/t11-,13?,14-,15?,16+/m0/s1. The summed E-state index contributed by atoms with van der Waals surface area (Å²) < 4.78 is 22.6. The maximum Gasteiger partial charge on any atom is 0.184 e. The summed E-state index contributed by atoms with van der Waals surface area (Å²) in [5.74, 6) is 0.0505. The molecule has 0 bridgehead atoms. The summed E-state index contributed by atoms with van der Waals surface area (Å²) >= 11 is 0. The molecule has 5 atom stereocenters. The number of methoxy groups -OCH3 is 2. The molecule has 1 aliphatic heterocycles. The van der Waals surface area contributed by atoms with E-state index in [0.717, 1.165) is 5.56 Å². The van der Waals surface area contributed by atoms with Crippen LogP contribution in [0.5, 0.6) is 0 Å². The van der Waals surface area contributed by atoms with Gasteiger partial charge in [-0.1, -0.05) is 37.3 Å². The van der Waals surface area contributed by atoms with E-state index in [1.165, 1.54) is 0 Å². The smallest absolute Gasteiger partial charge is 0.184 e. The van der Waals surface area contributed by atoms with Crippen molar-refractivity contribution in [3.05, 3.63) is 35.9 Å². The SMILES string of the molecule is CO[C@@H]1OC(CO)[C@@H](OC)[C@H](C)C1OCc1ccccc1. The molecule has 5 heteroatoms. The Morgan fingerprint density at radius 2 is 1.81 bits per heavy atom. The van der Waals surface area contributed by atoms with Crippen molar-refractivity contribution in [3.63, 3.8) is 0 Å². The van der Waals surface area contributed by atoms with Crippen LogP contribution in [0.1, 0.15) is 12.5 Å². The number of aliphatic hydroxyl groups is 1. The fourth-order valence-electron chi connectivity index (χ4n) is 2.80. The van der Waals surface area contributed by atoms with E-state index in [1.807, 2.05) is 37.3 Å². The Morgan fingerprint density at radius 3 is 2.38 bits per heavy atom. The molecule has 0 amide bonds. The van der Waals surface area contributed by atoms with Crippen molar-refractivity contribution in [3.8, 4) is 0 Å². The van der Waals surface area contributed by atoms with Gasteiger partial charge in [-0.2, -0.15) is 0 Å². The van der Waals surface area contributed by atoms with Gasteiger partial charge < -0.3 is 24.1 Å². The van der Waals surface area contributed by atoms with Gasteiger partial charge in [0.25, 0.3) is 0 Å². The van der Waals surface area contributed by atoms with Gasteiger partial charge in [-0.3, -0.25) is 0 Å². The molecule has 1 saturated heterocycles. The van der Waals surface area contributed by atoms with Crippen molar-refractivity contribution in [2.45, 2.75) is 38.1 Å². The normalized spacial score (nSPS) is 33.0. The first-order valence-corrected chi connectivity index (χ1v) is 7.18. The molecule has 2 rings (SSSR count). The van der Waals surface area contributed by atoms with Gasteiger partial charge in [0.1, 0.15) is 12.2 Å². The average Bonchev–Trinajstić information content (AvgIpc) is 2.53. The van der Waals surface area contributed by atoms with E-state index in [-0.39, 0.29) is 24.7 Å². The van der Waals surface area contributed by atoms with E-state index in [4.69, 9.17) is 18.9 Å². The first kappa shape index (κ1) is 16.4. The molecule has 1 heterocycles. The monoisotopic (exact) mass is 296 g/mol. The Morgan fingerprint density at radius 1 is 1.10 bits per heavy atom. The predicted octanol–water partition coefficient (Wildman–Crippen LogP) is 1.59. The summed E-state index contributed by atoms with van der Waals surface area (Å²) in [4.78, 5) is 0. The largest absolute Gasteiger partial charge is 0.394 e. The minimum absolute atomic E-state index is 0.0505. The molecule has 0 radical (unpaired) electrons. The van der Waals surface area contributed by atoms with E-state index >= 15 is 0 Å². The number of benzene rings is 1. The molecule has 0 aromatic heterocycles. The molecule has 0 saturated carbocycles. The fourth-order valence-corrected chi connectivity index (χ4v) is 2.80. The molecular weight excluding hydrogens is 272 g/mol. The van der Waals surface area contributed by atoms with Crippen molar-refractivity contribution in [1.82, 2.24) is 0 Å². The maximum atomic E-state index is 9.42. The lowest BCUT2D eigenvalue weighted by atomic mass is 9.90. The number of ether oxygens (including phenoxy) is 4. The molecule has 1 aromatic rings. The highest BCUT2D eigenvalue weighted by Gasteiger charge is 2.44. The average molecular weight is 296 g/mol. The van der Waals surface area contributed by atoms with Gasteiger partial charge in [-0.25, -0.2) is 0 Å². The second-order valence-corrected chi connectivity index (χ2v) is 5.28. The third-order valence-electron chi connectivity index (χ3n) is 3.95. The number of hydrogen-bond acceptors (Lipinski definition) is 5. The highest BCUT2D eigenvalue weighted by atomic mass is 16.7. The van der Waals surface area contributed by atoms with Gasteiger partial charge in [0.15, 0.2) is 6.29 Å². The third kappa shape index (κ3) is 3.81. The Balaban J connectivity index is 2.04. The zero-order valence-corrected chi connectivity index (χ0v) is 12.8. The first-order valence-electron chi connectivity index (χ1n) is 7.18. The van der Waals surface area contributed by atoms with Crippen molar-refractivity contribution in [1.29, 1.82) is 0 Å². The summed E-state index contributed by atoms with van der Waals surface area (Å²) in [5.41, 5.74) is 1.10. The number of hydrogen-bond donors (Lipinski definition) is 1. The number of rotatable bonds is 6. The Kier molecular flexibility index (Phi) is 6.14. The molecule has 118 valence electrons. The van der Waals surface area contributed by atoms with E-state index < -0.39 is 12.4 Å². The Labute approximate surface area is 125 Å². The minimum Gasteiger partial charge on any atom is -0.394 e. The van der Waals surface area contributed by atoms with Crippen LogP contribution in [0, 0.1) is 5.92 Å². The molecule has 2 unspecified atom stereocenters. The highest BCUT2D eigenvalue weighted by molar-refractivity contribution is 5.13. The van der Waals surface area contributed by atoms with Crippen LogP contribution in [0.4, 0.5) is 0 Å². The number of aliphatic hydroxyl groups excluding tert-OH is 1. The maximum absolute atomic E-state index is 9.42. The zero-order valence-electron chi connectivity index (χ0n) is 12.8. The molecule has 0 aliphatic carbocycles. The van der Waals surface area contributed by atoms with Crippen molar-refractivity contribution in [2.75, 3.05) is 20.8 Å². The molecule has 1 aliphatic rings. The lowest BCUT2D eigenvalue weighted by Crippen LogP contribution is -2.56. The van der Waals surface area contributed by atoms with Crippen LogP contribution in [0.2, 0.25) is 0 Å². The summed E-state index contributed by atoms with van der Waals surface area (Å²) in [7, 11) is 3.20.